The van der Waals surface area contributed by atoms with Crippen molar-refractivity contribution in [1.29, 1.82) is 0 Å². The molecule has 0 aromatic heterocycles. The second-order valence-electron chi connectivity index (χ2n) is 6.48. The van der Waals surface area contributed by atoms with Crippen LogP contribution in [0, 0.1) is 5.92 Å². The number of hydrogen-bond donors (Lipinski definition) is 6. The van der Waals surface area contributed by atoms with E-state index in [9.17, 15) is 19.2 Å². The Bertz CT molecular complexity index is 582. The lowest BCUT2D eigenvalue weighted by Gasteiger charge is -2.07. The number of carboxylic acid groups (broad SMARTS) is 3. The molecule has 0 radical (unpaired) electrons. The van der Waals surface area contributed by atoms with Crippen molar-refractivity contribution in [2.45, 2.75) is 33.6 Å². The van der Waals surface area contributed by atoms with Gasteiger partial charge in [-0.15, -0.1) is 0 Å². The van der Waals surface area contributed by atoms with E-state index < -0.39 is 23.9 Å². The van der Waals surface area contributed by atoms with Crippen molar-refractivity contribution >= 4 is 23.9 Å². The fraction of sp³-hybridized carbons (Fsp3) is 0.417. The van der Waals surface area contributed by atoms with Crippen LogP contribution in [0.3, 0.4) is 0 Å². The van der Waals surface area contributed by atoms with Crippen LogP contribution in [0.4, 0.5) is 0 Å². The van der Waals surface area contributed by atoms with Crippen molar-refractivity contribution < 1.29 is 54.6 Å². The van der Waals surface area contributed by atoms with Gasteiger partial charge in [-0.3, -0.25) is 0 Å². The minimum atomic E-state index is -0.935. The summed E-state index contributed by atoms with van der Waals surface area (Å²) in [5.74, 6) is -3.26. The SMILES string of the molecule is C=C(C)C(=O)O.C=C(C)C(=O)O.C=C(C)C(=O)O.C=CCOC(=O)C=C.OCCCC(CO)CO. The molecule has 0 aliphatic heterocycles. The highest BCUT2D eigenvalue weighted by atomic mass is 16.5. The summed E-state index contributed by atoms with van der Waals surface area (Å²) in [4.78, 5) is 39.0. The van der Waals surface area contributed by atoms with Gasteiger partial charge in [0.15, 0.2) is 0 Å². The number of aliphatic carboxylic acids is 3. The van der Waals surface area contributed by atoms with Gasteiger partial charge in [0.25, 0.3) is 0 Å². The Kier molecular flexibility index (Phi) is 36.3. The molecule has 0 aromatic carbocycles. The van der Waals surface area contributed by atoms with Gasteiger partial charge in [-0.05, 0) is 33.6 Å². The molecule has 0 spiro atoms. The molecule has 0 heterocycles. The molecule has 0 saturated carbocycles. The molecule has 0 bridgehead atoms. The Morgan fingerprint density at radius 3 is 1.26 bits per heavy atom. The van der Waals surface area contributed by atoms with Gasteiger partial charge in [0.1, 0.15) is 6.61 Å². The van der Waals surface area contributed by atoms with Crippen LogP contribution in [0.5, 0.6) is 0 Å². The third-order valence-electron chi connectivity index (χ3n) is 2.89. The number of esters is 1. The van der Waals surface area contributed by atoms with E-state index in [1.165, 1.54) is 26.8 Å². The van der Waals surface area contributed by atoms with E-state index >= 15 is 0 Å². The van der Waals surface area contributed by atoms with Crippen LogP contribution in [0.2, 0.25) is 0 Å². The summed E-state index contributed by atoms with van der Waals surface area (Å²) in [6, 6.07) is 0. The second-order valence-corrected chi connectivity index (χ2v) is 6.48. The summed E-state index contributed by atoms with van der Waals surface area (Å²) >= 11 is 0. The molecule has 0 rings (SSSR count). The molecule has 11 nitrogen and oxygen atoms in total. The van der Waals surface area contributed by atoms with Crippen molar-refractivity contribution in [3.63, 3.8) is 0 Å². The Morgan fingerprint density at radius 2 is 1.09 bits per heavy atom. The Hall–Kier alpha value is -3.54. The highest BCUT2D eigenvalue weighted by Gasteiger charge is 2.03. The lowest BCUT2D eigenvalue weighted by atomic mass is 10.1. The predicted octanol–water partition coefficient (Wildman–Crippen LogP) is 2.20. The van der Waals surface area contributed by atoms with Crippen LogP contribution < -0.4 is 0 Å². The summed E-state index contributed by atoms with van der Waals surface area (Å²) in [5.41, 5.74) is 0.528. The van der Waals surface area contributed by atoms with Gasteiger partial charge in [0.2, 0.25) is 0 Å². The monoisotopic (exact) mass is 504 g/mol. The molecule has 0 aliphatic rings. The van der Waals surface area contributed by atoms with Gasteiger partial charge in [-0.25, -0.2) is 19.2 Å². The van der Waals surface area contributed by atoms with Crippen LogP contribution in [0.15, 0.2) is 61.8 Å². The second kappa shape index (κ2) is 30.5. The van der Waals surface area contributed by atoms with E-state index in [4.69, 9.17) is 30.6 Å². The van der Waals surface area contributed by atoms with Crippen molar-refractivity contribution in [2.75, 3.05) is 26.4 Å². The number of rotatable bonds is 11. The molecule has 0 aromatic rings. The molecule has 0 aliphatic carbocycles. The molecule has 0 atom stereocenters. The van der Waals surface area contributed by atoms with Crippen LogP contribution in [0.25, 0.3) is 0 Å². The first-order valence-corrected chi connectivity index (χ1v) is 9.98. The van der Waals surface area contributed by atoms with E-state index in [1.54, 1.807) is 0 Å². The van der Waals surface area contributed by atoms with Crippen molar-refractivity contribution in [1.82, 2.24) is 0 Å². The first kappa shape index (κ1) is 41.7. The molecule has 11 heteroatoms. The summed E-state index contributed by atoms with van der Waals surface area (Å²) in [6.07, 6.45) is 3.97. The maximum Gasteiger partial charge on any atom is 0.330 e. The zero-order valence-electron chi connectivity index (χ0n) is 20.7. The highest BCUT2D eigenvalue weighted by Crippen LogP contribution is 2.02. The maximum absolute atomic E-state index is 10.2. The van der Waals surface area contributed by atoms with Gasteiger partial charge in [-0.2, -0.15) is 0 Å². The van der Waals surface area contributed by atoms with Crippen molar-refractivity contribution in [3.05, 3.63) is 61.8 Å². The molecule has 6 N–H and O–H groups in total. The van der Waals surface area contributed by atoms with E-state index in [-0.39, 0.29) is 49.1 Å². The Morgan fingerprint density at radius 1 is 0.771 bits per heavy atom. The third kappa shape index (κ3) is 48.9. The lowest BCUT2D eigenvalue weighted by molar-refractivity contribution is -0.136. The topological polar surface area (TPSA) is 199 Å². The summed E-state index contributed by atoms with van der Waals surface area (Å²) in [5, 5.41) is 49.0. The summed E-state index contributed by atoms with van der Waals surface area (Å²) in [7, 11) is 0. The van der Waals surface area contributed by atoms with Crippen LogP contribution in [0.1, 0.15) is 33.6 Å². The molecular weight excluding hydrogens is 464 g/mol. The van der Waals surface area contributed by atoms with Gasteiger partial charge in [0.05, 0.1) is 0 Å². The third-order valence-corrected chi connectivity index (χ3v) is 2.89. The van der Waals surface area contributed by atoms with Gasteiger partial charge < -0.3 is 35.4 Å². The normalized spacial score (nSPS) is 8.31. The highest BCUT2D eigenvalue weighted by molar-refractivity contribution is 5.85. The number of aliphatic hydroxyl groups excluding tert-OH is 3. The van der Waals surface area contributed by atoms with E-state index in [0.717, 1.165) is 6.08 Å². The Balaban J connectivity index is -0.000000108. The summed E-state index contributed by atoms with van der Waals surface area (Å²) < 4.78 is 4.47. The van der Waals surface area contributed by atoms with E-state index in [0.29, 0.717) is 12.8 Å². The predicted molar refractivity (Wildman–Crippen MR) is 133 cm³/mol. The average Bonchev–Trinajstić information content (AvgIpc) is 2.79. The van der Waals surface area contributed by atoms with Crippen molar-refractivity contribution in [2.24, 2.45) is 5.92 Å². The number of ether oxygens (including phenoxy) is 1. The zero-order valence-corrected chi connectivity index (χ0v) is 20.7. The minimum Gasteiger partial charge on any atom is -0.478 e. The fourth-order valence-electron chi connectivity index (χ4n) is 0.820. The van der Waals surface area contributed by atoms with Crippen molar-refractivity contribution in [3.8, 4) is 0 Å². The largest absolute Gasteiger partial charge is 0.478 e. The summed E-state index contributed by atoms with van der Waals surface area (Å²) in [6.45, 7) is 20.8. The van der Waals surface area contributed by atoms with Crippen LogP contribution in [-0.4, -0.2) is 80.9 Å². The molecule has 0 unspecified atom stereocenters. The average molecular weight is 505 g/mol. The molecule has 202 valence electrons. The first-order chi connectivity index (χ1) is 16.1. The van der Waals surface area contributed by atoms with E-state index in [1.807, 2.05) is 0 Å². The van der Waals surface area contributed by atoms with Gasteiger partial charge in [0, 0.05) is 48.5 Å². The number of carboxylic acids is 3. The number of carbonyl (C=O) groups excluding carboxylic acids is 1. The van der Waals surface area contributed by atoms with Crippen LogP contribution >= 0.6 is 0 Å². The number of hydrogen-bond acceptors (Lipinski definition) is 8. The smallest absolute Gasteiger partial charge is 0.330 e. The molecule has 0 saturated heterocycles. The molecule has 0 fully saturated rings. The molecular formula is C24H40O11. The molecule has 35 heavy (non-hydrogen) atoms. The number of aliphatic hydroxyl groups is 3. The standard InChI is InChI=1S/C6H14O3.C6H8O2.3C4H6O2/c7-3-1-2-6(4-8)5-9;1-3-5-8-6(7)4-2;3*1-3(2)4(5)6/h6-9H,1-5H2;3-4H,1-2,5H2;3*1H2,2H3,(H,5,6). The first-order valence-electron chi connectivity index (χ1n) is 9.98. The van der Waals surface area contributed by atoms with Gasteiger partial charge in [-0.1, -0.05) is 39.0 Å². The minimum absolute atomic E-state index is 0.0104. The zero-order chi connectivity index (χ0) is 29.0. The quantitative estimate of drug-likeness (QED) is 0.137. The maximum atomic E-state index is 10.2. The molecule has 0 amide bonds. The Labute approximate surface area is 206 Å². The van der Waals surface area contributed by atoms with E-state index in [2.05, 4.69) is 37.6 Å². The fourth-order valence-corrected chi connectivity index (χ4v) is 0.820. The van der Waals surface area contributed by atoms with Gasteiger partial charge >= 0.3 is 23.9 Å². The lowest BCUT2D eigenvalue weighted by Crippen LogP contribution is -2.11. The number of carbonyl (C=O) groups is 4. The van der Waals surface area contributed by atoms with Crippen LogP contribution in [-0.2, 0) is 23.9 Å².